The normalized spacial score (nSPS) is 10.7. The van der Waals surface area contributed by atoms with Gasteiger partial charge in [0.1, 0.15) is 5.76 Å². The summed E-state index contributed by atoms with van der Waals surface area (Å²) in [4.78, 5) is 13.8. The van der Waals surface area contributed by atoms with Gasteiger partial charge in [-0.15, -0.1) is 0 Å². The summed E-state index contributed by atoms with van der Waals surface area (Å²) in [7, 11) is 0. The molecule has 0 bridgehead atoms. The third-order valence-corrected chi connectivity index (χ3v) is 2.80. The number of carbonyl (C=O) groups excluding carboxylic acids is 1. The number of rotatable bonds is 6. The molecule has 0 saturated heterocycles. The van der Waals surface area contributed by atoms with Crippen LogP contribution in [0.3, 0.4) is 0 Å². The van der Waals surface area contributed by atoms with E-state index >= 15 is 0 Å². The van der Waals surface area contributed by atoms with Gasteiger partial charge in [-0.1, -0.05) is 13.8 Å². The van der Waals surface area contributed by atoms with E-state index in [1.165, 1.54) is 0 Å². The molecule has 4 heteroatoms. The molecular weight excluding hydrogens is 254 g/mol. The molecule has 0 amide bonds. The van der Waals surface area contributed by atoms with Gasteiger partial charge in [0.15, 0.2) is 0 Å². The van der Waals surface area contributed by atoms with Gasteiger partial charge in [-0.3, -0.25) is 4.90 Å². The van der Waals surface area contributed by atoms with Gasteiger partial charge in [0, 0.05) is 12.1 Å². The van der Waals surface area contributed by atoms with Crippen LogP contribution in [0.4, 0.5) is 0 Å². The van der Waals surface area contributed by atoms with Gasteiger partial charge in [-0.25, -0.2) is 4.79 Å². The van der Waals surface area contributed by atoms with Crippen molar-refractivity contribution in [2.75, 3.05) is 6.61 Å². The summed E-state index contributed by atoms with van der Waals surface area (Å²) in [6, 6.07) is 4.37. The highest BCUT2D eigenvalue weighted by Gasteiger charge is 2.17. The first kappa shape index (κ1) is 18.7. The molecule has 116 valence electrons. The highest BCUT2D eigenvalue weighted by molar-refractivity contribution is 5.86. The molecule has 20 heavy (non-hydrogen) atoms. The maximum atomic E-state index is 11.5. The number of ether oxygens (including phenoxy) is 1. The third-order valence-electron chi connectivity index (χ3n) is 2.80. The number of nitrogens with zero attached hydrogens (tertiary/aromatic N) is 1. The zero-order valence-electron chi connectivity index (χ0n) is 13.9. The molecule has 0 aliphatic rings. The first-order valence-corrected chi connectivity index (χ1v) is 7.47. The SMILES string of the molecule is CC.CCOC(=O)c1ccc(CN(C(C)C)C(C)C)o1. The Labute approximate surface area is 123 Å². The lowest BCUT2D eigenvalue weighted by Gasteiger charge is -2.29. The standard InChI is InChI=1S/C14H23NO3.C2H6/c1-6-17-14(16)13-8-7-12(18-13)9-15(10(2)3)11(4)5;1-2/h7-8,10-11H,6,9H2,1-5H3;1-2H3. The fourth-order valence-electron chi connectivity index (χ4n) is 1.92. The lowest BCUT2D eigenvalue weighted by molar-refractivity contribution is 0.0484. The molecule has 1 aromatic rings. The minimum atomic E-state index is -0.399. The van der Waals surface area contributed by atoms with Gasteiger partial charge in [-0.05, 0) is 46.8 Å². The van der Waals surface area contributed by atoms with Crippen molar-refractivity contribution < 1.29 is 13.9 Å². The molecule has 0 spiro atoms. The molecule has 0 saturated carbocycles. The molecule has 0 N–H and O–H groups in total. The number of furan rings is 1. The zero-order valence-corrected chi connectivity index (χ0v) is 13.9. The summed E-state index contributed by atoms with van der Waals surface area (Å²) in [6.45, 7) is 15.4. The summed E-state index contributed by atoms with van der Waals surface area (Å²) in [5.41, 5.74) is 0. The van der Waals surface area contributed by atoms with Gasteiger partial charge >= 0.3 is 5.97 Å². The minimum Gasteiger partial charge on any atom is -0.460 e. The van der Waals surface area contributed by atoms with E-state index < -0.39 is 5.97 Å². The summed E-state index contributed by atoms with van der Waals surface area (Å²) in [5.74, 6) is 0.671. The van der Waals surface area contributed by atoms with Crippen molar-refractivity contribution in [3.63, 3.8) is 0 Å². The second-order valence-electron chi connectivity index (χ2n) is 4.85. The minimum absolute atomic E-state index is 0.277. The van der Waals surface area contributed by atoms with Crippen molar-refractivity contribution in [1.29, 1.82) is 0 Å². The lowest BCUT2D eigenvalue weighted by Crippen LogP contribution is -2.36. The Morgan fingerprint density at radius 1 is 1.20 bits per heavy atom. The number of hydrogen-bond acceptors (Lipinski definition) is 4. The molecule has 1 aromatic heterocycles. The average Bonchev–Trinajstić information content (AvgIpc) is 2.86. The van der Waals surface area contributed by atoms with Crippen molar-refractivity contribution in [2.45, 2.75) is 67.1 Å². The van der Waals surface area contributed by atoms with Crippen molar-refractivity contribution >= 4 is 5.97 Å². The smallest absolute Gasteiger partial charge is 0.374 e. The van der Waals surface area contributed by atoms with Crippen LogP contribution in [-0.4, -0.2) is 29.6 Å². The fraction of sp³-hybridized carbons (Fsp3) is 0.688. The van der Waals surface area contributed by atoms with Crippen LogP contribution in [0, 0.1) is 0 Å². The highest BCUT2D eigenvalue weighted by atomic mass is 16.5. The molecule has 4 nitrogen and oxygen atoms in total. The molecule has 0 atom stereocenters. The van der Waals surface area contributed by atoms with Crippen LogP contribution in [0.25, 0.3) is 0 Å². The van der Waals surface area contributed by atoms with E-state index in [2.05, 4.69) is 32.6 Å². The lowest BCUT2D eigenvalue weighted by atomic mass is 10.2. The molecule has 0 aliphatic heterocycles. The van der Waals surface area contributed by atoms with Gasteiger partial charge in [0.25, 0.3) is 0 Å². The second kappa shape index (κ2) is 9.59. The molecule has 1 rings (SSSR count). The maximum Gasteiger partial charge on any atom is 0.374 e. The van der Waals surface area contributed by atoms with Crippen molar-refractivity contribution in [2.24, 2.45) is 0 Å². The molecular formula is C16H29NO3. The van der Waals surface area contributed by atoms with Crippen molar-refractivity contribution in [1.82, 2.24) is 4.90 Å². The van der Waals surface area contributed by atoms with Crippen molar-refractivity contribution in [3.8, 4) is 0 Å². The van der Waals surface area contributed by atoms with E-state index in [1.54, 1.807) is 13.0 Å². The molecule has 0 aliphatic carbocycles. The van der Waals surface area contributed by atoms with E-state index in [1.807, 2.05) is 19.9 Å². The Hall–Kier alpha value is -1.29. The van der Waals surface area contributed by atoms with Crippen LogP contribution in [0.5, 0.6) is 0 Å². The Morgan fingerprint density at radius 2 is 1.75 bits per heavy atom. The van der Waals surface area contributed by atoms with Crippen LogP contribution in [-0.2, 0) is 11.3 Å². The first-order valence-electron chi connectivity index (χ1n) is 7.47. The molecule has 0 aromatic carbocycles. The quantitative estimate of drug-likeness (QED) is 0.737. The van der Waals surface area contributed by atoms with Crippen LogP contribution in [0.15, 0.2) is 16.5 Å². The number of carbonyl (C=O) groups is 1. The Kier molecular flexibility index (Phi) is 8.97. The monoisotopic (exact) mass is 283 g/mol. The van der Waals surface area contributed by atoms with Gasteiger partial charge in [-0.2, -0.15) is 0 Å². The third kappa shape index (κ3) is 5.78. The first-order chi connectivity index (χ1) is 9.45. The van der Waals surface area contributed by atoms with E-state index in [9.17, 15) is 4.79 Å². The Morgan fingerprint density at radius 3 is 2.20 bits per heavy atom. The number of esters is 1. The van der Waals surface area contributed by atoms with E-state index in [-0.39, 0.29) is 5.76 Å². The predicted octanol–water partition coefficient (Wildman–Crippen LogP) is 4.10. The molecule has 0 radical (unpaired) electrons. The molecule has 0 unspecified atom stereocenters. The summed E-state index contributed by atoms with van der Waals surface area (Å²) in [6.07, 6.45) is 0. The van der Waals surface area contributed by atoms with E-state index in [0.29, 0.717) is 25.2 Å². The summed E-state index contributed by atoms with van der Waals surface area (Å²) in [5, 5.41) is 0. The van der Waals surface area contributed by atoms with E-state index in [0.717, 1.165) is 5.76 Å². The van der Waals surface area contributed by atoms with Crippen molar-refractivity contribution in [3.05, 3.63) is 23.7 Å². The molecule has 0 fully saturated rings. The van der Waals surface area contributed by atoms with Gasteiger partial charge in [0.05, 0.1) is 13.2 Å². The average molecular weight is 283 g/mol. The van der Waals surface area contributed by atoms with Crippen LogP contribution in [0.1, 0.15) is 64.8 Å². The Bertz CT molecular complexity index is 375. The molecule has 1 heterocycles. The number of hydrogen-bond donors (Lipinski definition) is 0. The summed E-state index contributed by atoms with van der Waals surface area (Å²) >= 11 is 0. The largest absolute Gasteiger partial charge is 0.460 e. The van der Waals surface area contributed by atoms with E-state index in [4.69, 9.17) is 9.15 Å². The highest BCUT2D eigenvalue weighted by Crippen LogP contribution is 2.15. The predicted molar refractivity (Wildman–Crippen MR) is 81.8 cm³/mol. The Balaban J connectivity index is 0.00000172. The fourth-order valence-corrected chi connectivity index (χ4v) is 1.92. The van der Waals surface area contributed by atoms with Crippen LogP contribution in [0.2, 0.25) is 0 Å². The second-order valence-corrected chi connectivity index (χ2v) is 4.85. The topological polar surface area (TPSA) is 42.7 Å². The van der Waals surface area contributed by atoms with Gasteiger partial charge < -0.3 is 9.15 Å². The van der Waals surface area contributed by atoms with Crippen LogP contribution < -0.4 is 0 Å². The van der Waals surface area contributed by atoms with Crippen LogP contribution >= 0.6 is 0 Å². The maximum absolute atomic E-state index is 11.5. The summed E-state index contributed by atoms with van der Waals surface area (Å²) < 4.78 is 10.4. The van der Waals surface area contributed by atoms with Gasteiger partial charge in [0.2, 0.25) is 5.76 Å². The zero-order chi connectivity index (χ0) is 15.7.